The van der Waals surface area contributed by atoms with Crippen molar-refractivity contribution in [1.82, 2.24) is 0 Å². The van der Waals surface area contributed by atoms with Crippen molar-refractivity contribution in [1.29, 1.82) is 0 Å². The summed E-state index contributed by atoms with van der Waals surface area (Å²) < 4.78 is 5.99. The fourth-order valence-corrected chi connectivity index (χ4v) is 5.45. The van der Waals surface area contributed by atoms with Crippen molar-refractivity contribution in [2.45, 2.75) is 206 Å². The first kappa shape index (κ1) is 40.4. The Bertz CT molecular complexity index is 639. The van der Waals surface area contributed by atoms with Crippen molar-refractivity contribution < 1.29 is 19.4 Å². The normalized spacial score (nSPS) is 12.4. The first-order valence-corrected chi connectivity index (χ1v) is 18.3. The Morgan fingerprint density at radius 1 is 0.524 bits per heavy atom. The standard InChI is InChI=1S/C38H70O4/c1-3-5-7-9-11-12-13-14-15-16-17-18-23-27-31-35-38(41)42-36(32-28-24-20-10-8-6-4-2)33-29-25-21-19-22-26-30-34-37(39)40/h11-12,14-15,36H,3-10,13,16-35H2,1-2H3,(H,39,40)/b12-11-,15-14-. The summed E-state index contributed by atoms with van der Waals surface area (Å²) in [6.45, 7) is 4.51. The van der Waals surface area contributed by atoms with Gasteiger partial charge in [0, 0.05) is 12.8 Å². The van der Waals surface area contributed by atoms with Crippen LogP contribution < -0.4 is 0 Å². The van der Waals surface area contributed by atoms with Crippen LogP contribution in [-0.2, 0) is 14.3 Å². The number of ether oxygens (including phenoxy) is 1. The van der Waals surface area contributed by atoms with E-state index in [-0.39, 0.29) is 12.1 Å². The zero-order valence-electron chi connectivity index (χ0n) is 28.1. The number of rotatable bonds is 33. The number of allylic oxidation sites excluding steroid dienone is 4. The molecule has 4 heteroatoms. The lowest BCUT2D eigenvalue weighted by Crippen LogP contribution is -2.18. The molecule has 1 N–H and O–H groups in total. The van der Waals surface area contributed by atoms with Crippen LogP contribution in [0.3, 0.4) is 0 Å². The van der Waals surface area contributed by atoms with Crippen molar-refractivity contribution in [2.24, 2.45) is 0 Å². The Morgan fingerprint density at radius 2 is 0.929 bits per heavy atom. The van der Waals surface area contributed by atoms with Crippen LogP contribution in [0.2, 0.25) is 0 Å². The van der Waals surface area contributed by atoms with Crippen LogP contribution in [-0.4, -0.2) is 23.1 Å². The molecular weight excluding hydrogens is 520 g/mol. The van der Waals surface area contributed by atoms with Gasteiger partial charge in [0.15, 0.2) is 0 Å². The molecule has 0 spiro atoms. The number of carboxylic acids is 1. The first-order chi connectivity index (χ1) is 20.6. The third kappa shape index (κ3) is 32.9. The predicted octanol–water partition coefficient (Wildman–Crippen LogP) is 12.4. The van der Waals surface area contributed by atoms with Gasteiger partial charge in [-0.1, -0.05) is 141 Å². The highest BCUT2D eigenvalue weighted by molar-refractivity contribution is 5.69. The van der Waals surface area contributed by atoms with Crippen LogP contribution in [0.1, 0.15) is 200 Å². The molecule has 0 aliphatic carbocycles. The minimum absolute atomic E-state index is 0.00654. The fraction of sp³-hybridized carbons (Fsp3) is 0.842. The topological polar surface area (TPSA) is 63.6 Å². The Kier molecular flexibility index (Phi) is 32.6. The lowest BCUT2D eigenvalue weighted by Gasteiger charge is -2.18. The summed E-state index contributed by atoms with van der Waals surface area (Å²) in [5.41, 5.74) is 0. The smallest absolute Gasteiger partial charge is 0.306 e. The van der Waals surface area contributed by atoms with Crippen molar-refractivity contribution in [3.63, 3.8) is 0 Å². The van der Waals surface area contributed by atoms with E-state index in [0.29, 0.717) is 12.8 Å². The maximum absolute atomic E-state index is 12.6. The van der Waals surface area contributed by atoms with Gasteiger partial charge in [0.1, 0.15) is 6.10 Å². The number of carbonyl (C=O) groups is 2. The van der Waals surface area contributed by atoms with E-state index in [9.17, 15) is 9.59 Å². The minimum Gasteiger partial charge on any atom is -0.481 e. The van der Waals surface area contributed by atoms with Crippen molar-refractivity contribution >= 4 is 11.9 Å². The molecule has 0 rings (SSSR count). The van der Waals surface area contributed by atoms with Crippen LogP contribution in [0, 0.1) is 0 Å². The number of hydrogen-bond acceptors (Lipinski definition) is 3. The third-order valence-electron chi connectivity index (χ3n) is 8.18. The highest BCUT2D eigenvalue weighted by Crippen LogP contribution is 2.19. The number of carboxylic acid groups (broad SMARTS) is 1. The molecule has 0 radical (unpaired) electrons. The van der Waals surface area contributed by atoms with E-state index < -0.39 is 5.97 Å². The maximum atomic E-state index is 12.6. The van der Waals surface area contributed by atoms with Gasteiger partial charge in [-0.25, -0.2) is 0 Å². The molecule has 1 unspecified atom stereocenters. The second kappa shape index (κ2) is 33.9. The van der Waals surface area contributed by atoms with Gasteiger partial charge >= 0.3 is 11.9 Å². The van der Waals surface area contributed by atoms with Crippen molar-refractivity contribution in [3.05, 3.63) is 24.3 Å². The van der Waals surface area contributed by atoms with E-state index in [2.05, 4.69) is 38.2 Å². The fourth-order valence-electron chi connectivity index (χ4n) is 5.45. The van der Waals surface area contributed by atoms with Crippen molar-refractivity contribution in [3.8, 4) is 0 Å². The quantitative estimate of drug-likeness (QED) is 0.0469. The third-order valence-corrected chi connectivity index (χ3v) is 8.18. The van der Waals surface area contributed by atoms with Gasteiger partial charge in [-0.05, 0) is 70.6 Å². The number of esters is 1. The molecule has 0 aromatic heterocycles. The highest BCUT2D eigenvalue weighted by Gasteiger charge is 2.14. The van der Waals surface area contributed by atoms with E-state index in [4.69, 9.17) is 9.84 Å². The van der Waals surface area contributed by atoms with E-state index >= 15 is 0 Å². The van der Waals surface area contributed by atoms with Gasteiger partial charge in [-0.3, -0.25) is 9.59 Å². The Labute approximate surface area is 261 Å². The van der Waals surface area contributed by atoms with Crippen molar-refractivity contribution in [2.75, 3.05) is 0 Å². The van der Waals surface area contributed by atoms with Gasteiger partial charge in [0.2, 0.25) is 0 Å². The molecule has 0 saturated carbocycles. The number of hydrogen-bond donors (Lipinski definition) is 1. The molecule has 0 aromatic carbocycles. The Morgan fingerprint density at radius 3 is 1.45 bits per heavy atom. The SMILES string of the molecule is CCCCC/C=C\C/C=C\CCCCCCCC(=O)OC(CCCCCCCCC)CCCCCCCCCC(=O)O. The van der Waals surface area contributed by atoms with Crippen LogP contribution in [0.15, 0.2) is 24.3 Å². The van der Waals surface area contributed by atoms with E-state index in [0.717, 1.165) is 70.6 Å². The van der Waals surface area contributed by atoms with Gasteiger partial charge in [0.25, 0.3) is 0 Å². The largest absolute Gasteiger partial charge is 0.481 e. The molecule has 42 heavy (non-hydrogen) atoms. The van der Waals surface area contributed by atoms with Crippen LogP contribution in [0.25, 0.3) is 0 Å². The Balaban J connectivity index is 4.01. The molecule has 0 saturated heterocycles. The summed E-state index contributed by atoms with van der Waals surface area (Å²) in [7, 11) is 0. The molecule has 0 aliphatic heterocycles. The van der Waals surface area contributed by atoms with Gasteiger partial charge in [-0.2, -0.15) is 0 Å². The van der Waals surface area contributed by atoms with Crippen LogP contribution in [0.5, 0.6) is 0 Å². The molecule has 0 heterocycles. The van der Waals surface area contributed by atoms with Crippen LogP contribution in [0.4, 0.5) is 0 Å². The monoisotopic (exact) mass is 591 g/mol. The molecule has 0 fully saturated rings. The van der Waals surface area contributed by atoms with Gasteiger partial charge in [0.05, 0.1) is 0 Å². The Hall–Kier alpha value is -1.58. The average molecular weight is 591 g/mol. The maximum Gasteiger partial charge on any atom is 0.306 e. The second-order valence-electron chi connectivity index (χ2n) is 12.4. The lowest BCUT2D eigenvalue weighted by molar-refractivity contribution is -0.150. The molecule has 246 valence electrons. The summed E-state index contributed by atoms with van der Waals surface area (Å²) in [5, 5.41) is 8.74. The zero-order valence-corrected chi connectivity index (χ0v) is 28.1. The zero-order chi connectivity index (χ0) is 30.8. The van der Waals surface area contributed by atoms with Crippen LogP contribution >= 0.6 is 0 Å². The minimum atomic E-state index is -0.688. The highest BCUT2D eigenvalue weighted by atomic mass is 16.5. The second-order valence-corrected chi connectivity index (χ2v) is 12.4. The molecule has 0 aromatic rings. The molecule has 0 amide bonds. The molecule has 4 nitrogen and oxygen atoms in total. The summed E-state index contributed by atoms with van der Waals surface area (Å²) in [4.78, 5) is 23.2. The molecule has 0 aliphatic rings. The van der Waals surface area contributed by atoms with Gasteiger partial charge in [-0.15, -0.1) is 0 Å². The molecule has 1 atom stereocenters. The number of carbonyl (C=O) groups excluding carboxylic acids is 1. The summed E-state index contributed by atoms with van der Waals surface area (Å²) in [6, 6.07) is 0. The van der Waals surface area contributed by atoms with E-state index in [1.54, 1.807) is 0 Å². The summed E-state index contributed by atoms with van der Waals surface area (Å²) in [6.07, 6.45) is 41.9. The predicted molar refractivity (Wildman–Crippen MR) is 181 cm³/mol. The number of aliphatic carboxylic acids is 1. The first-order valence-electron chi connectivity index (χ1n) is 18.3. The molecule has 0 bridgehead atoms. The molecular formula is C38H70O4. The lowest BCUT2D eigenvalue weighted by atomic mass is 10.0. The summed E-state index contributed by atoms with van der Waals surface area (Å²) >= 11 is 0. The van der Waals surface area contributed by atoms with Gasteiger partial charge < -0.3 is 9.84 Å². The summed E-state index contributed by atoms with van der Waals surface area (Å²) in [5.74, 6) is -0.681. The average Bonchev–Trinajstić information content (AvgIpc) is 2.97. The van der Waals surface area contributed by atoms with E-state index in [1.165, 1.54) is 103 Å². The number of unbranched alkanes of at least 4 members (excludes halogenated alkanes) is 20. The van der Waals surface area contributed by atoms with E-state index in [1.807, 2.05) is 0 Å².